The molecule has 0 saturated carbocycles. The predicted octanol–water partition coefficient (Wildman–Crippen LogP) is -0.771. The minimum absolute atomic E-state index is 0.000556. The van der Waals surface area contributed by atoms with Crippen molar-refractivity contribution in [2.24, 2.45) is 0 Å². The van der Waals surface area contributed by atoms with Crippen LogP contribution in [0.25, 0.3) is 0 Å². The molecule has 1 unspecified atom stereocenters. The van der Waals surface area contributed by atoms with Crippen LogP contribution in [-0.4, -0.2) is 29.2 Å². The largest absolute Gasteiger partial charge is 0.396 e. The highest BCUT2D eigenvalue weighted by molar-refractivity contribution is 5.51. The van der Waals surface area contributed by atoms with Crippen molar-refractivity contribution in [3.63, 3.8) is 0 Å². The normalized spacial score (nSPS) is 13.2. The Morgan fingerprint density at radius 3 is 2.62 bits per heavy atom. The minimum atomic E-state index is -0.711. The van der Waals surface area contributed by atoms with Crippen LogP contribution in [0.2, 0.25) is 0 Å². The Hall–Kier alpha value is -0.410. The van der Waals surface area contributed by atoms with Crippen LogP contribution in [0.1, 0.15) is 12.8 Å². The second kappa shape index (κ2) is 4.74. The Bertz CT molecular complexity index is 62.7. The van der Waals surface area contributed by atoms with Crippen LogP contribution in [0.5, 0.6) is 0 Å². The Morgan fingerprint density at radius 2 is 2.25 bits per heavy atom. The summed E-state index contributed by atoms with van der Waals surface area (Å²) >= 11 is 0. The molecule has 8 heavy (non-hydrogen) atoms. The quantitative estimate of drug-likeness (QED) is 0.508. The summed E-state index contributed by atoms with van der Waals surface area (Å²) in [5, 5.41) is 16.8. The monoisotopic (exact) mass is 117 g/mol. The predicted molar refractivity (Wildman–Crippen MR) is 28.0 cm³/mol. The maximum atomic E-state index is 9.52. The van der Waals surface area contributed by atoms with E-state index in [0.29, 0.717) is 0 Å². The molecular formula is C5H9O3. The molecule has 0 aliphatic heterocycles. The lowest BCUT2D eigenvalue weighted by Gasteiger charge is -2.00. The molecule has 0 aromatic heterocycles. The van der Waals surface area contributed by atoms with Crippen molar-refractivity contribution in [1.29, 1.82) is 0 Å². The average Bonchev–Trinajstić information content (AvgIpc) is 1.68. The number of hydrogen-bond acceptors (Lipinski definition) is 3. The summed E-state index contributed by atoms with van der Waals surface area (Å²) in [4.78, 5) is 9.52. The van der Waals surface area contributed by atoms with Crippen molar-refractivity contribution < 1.29 is 15.0 Å². The van der Waals surface area contributed by atoms with Crippen molar-refractivity contribution in [2.45, 2.75) is 18.9 Å². The first kappa shape index (κ1) is 7.59. The first-order chi connectivity index (χ1) is 3.81. The lowest BCUT2D eigenvalue weighted by Crippen LogP contribution is -2.08. The van der Waals surface area contributed by atoms with Crippen LogP contribution < -0.4 is 0 Å². The molecule has 3 heteroatoms. The van der Waals surface area contributed by atoms with Crippen molar-refractivity contribution in [2.75, 3.05) is 6.61 Å². The van der Waals surface area contributed by atoms with Gasteiger partial charge in [-0.05, 0) is 6.42 Å². The topological polar surface area (TPSA) is 57.5 Å². The molecule has 1 atom stereocenters. The third-order valence-corrected chi connectivity index (χ3v) is 0.781. The van der Waals surface area contributed by atoms with Gasteiger partial charge in [0.15, 0.2) is 0 Å². The van der Waals surface area contributed by atoms with Crippen LogP contribution in [0, 0.1) is 0 Å². The summed E-state index contributed by atoms with van der Waals surface area (Å²) in [5.41, 5.74) is 0. The van der Waals surface area contributed by atoms with Gasteiger partial charge in [-0.25, -0.2) is 0 Å². The van der Waals surface area contributed by atoms with Crippen molar-refractivity contribution >= 4 is 6.29 Å². The zero-order chi connectivity index (χ0) is 6.41. The van der Waals surface area contributed by atoms with E-state index < -0.39 is 6.10 Å². The van der Waals surface area contributed by atoms with Gasteiger partial charge in [0.25, 0.3) is 0 Å². The highest BCUT2D eigenvalue weighted by atomic mass is 16.3. The minimum Gasteiger partial charge on any atom is -0.396 e. The van der Waals surface area contributed by atoms with Gasteiger partial charge in [0, 0.05) is 13.0 Å². The van der Waals surface area contributed by atoms with Gasteiger partial charge in [-0.2, -0.15) is 0 Å². The molecule has 0 fully saturated rings. The Balaban J connectivity index is 3.03. The fourth-order valence-electron chi connectivity index (χ4n) is 0.347. The second-order valence-corrected chi connectivity index (χ2v) is 1.51. The van der Waals surface area contributed by atoms with Crippen molar-refractivity contribution in [1.82, 2.24) is 0 Å². The van der Waals surface area contributed by atoms with E-state index in [0.717, 1.165) is 0 Å². The summed E-state index contributed by atoms with van der Waals surface area (Å²) in [6.45, 7) is -0.0805. The van der Waals surface area contributed by atoms with Gasteiger partial charge in [0.1, 0.15) is 0 Å². The van der Waals surface area contributed by atoms with Crippen LogP contribution in [-0.2, 0) is 4.79 Å². The van der Waals surface area contributed by atoms with E-state index in [1.54, 1.807) is 6.29 Å². The Kier molecular flexibility index (Phi) is 4.50. The van der Waals surface area contributed by atoms with Gasteiger partial charge in [0.2, 0.25) is 6.29 Å². The standard InChI is InChI=1S/C5H9O3/c6-3-1-5(8)2-4-7/h5-6,8H,1-3H2. The van der Waals surface area contributed by atoms with E-state index >= 15 is 0 Å². The summed E-state index contributed by atoms with van der Waals surface area (Å²) < 4.78 is 0. The van der Waals surface area contributed by atoms with E-state index in [2.05, 4.69) is 0 Å². The maximum Gasteiger partial charge on any atom is 0.201 e. The van der Waals surface area contributed by atoms with Crippen LogP contribution in [0.3, 0.4) is 0 Å². The lowest BCUT2D eigenvalue weighted by molar-refractivity contribution is 0.138. The van der Waals surface area contributed by atoms with Crippen LogP contribution >= 0.6 is 0 Å². The fraction of sp³-hybridized carbons (Fsp3) is 0.800. The maximum absolute atomic E-state index is 9.52. The molecule has 1 radical (unpaired) electrons. The van der Waals surface area contributed by atoms with Gasteiger partial charge < -0.3 is 10.2 Å². The van der Waals surface area contributed by atoms with Crippen molar-refractivity contribution in [3.05, 3.63) is 0 Å². The molecule has 0 aliphatic carbocycles. The molecule has 3 nitrogen and oxygen atoms in total. The highest BCUT2D eigenvalue weighted by Crippen LogP contribution is 1.91. The SMILES string of the molecule is O=[C]CC(O)CCO. The average molecular weight is 117 g/mol. The van der Waals surface area contributed by atoms with Gasteiger partial charge in [0.05, 0.1) is 6.10 Å². The van der Waals surface area contributed by atoms with E-state index in [1.165, 1.54) is 0 Å². The molecular weight excluding hydrogens is 108 g/mol. The molecule has 0 amide bonds. The summed E-state index contributed by atoms with van der Waals surface area (Å²) in [5.74, 6) is 0. The Labute approximate surface area is 47.9 Å². The van der Waals surface area contributed by atoms with Gasteiger partial charge >= 0.3 is 0 Å². The highest BCUT2D eigenvalue weighted by Gasteiger charge is 1.99. The van der Waals surface area contributed by atoms with Gasteiger partial charge in [-0.15, -0.1) is 0 Å². The first-order valence-corrected chi connectivity index (χ1v) is 2.45. The number of aliphatic hydroxyl groups excluding tert-OH is 2. The molecule has 0 rings (SSSR count). The van der Waals surface area contributed by atoms with Crippen LogP contribution in [0.4, 0.5) is 0 Å². The molecule has 47 valence electrons. The van der Waals surface area contributed by atoms with Crippen LogP contribution in [0.15, 0.2) is 0 Å². The van der Waals surface area contributed by atoms with E-state index in [4.69, 9.17) is 10.2 Å². The molecule has 0 aromatic rings. The van der Waals surface area contributed by atoms with E-state index in [1.807, 2.05) is 0 Å². The zero-order valence-electron chi connectivity index (χ0n) is 4.50. The lowest BCUT2D eigenvalue weighted by atomic mass is 10.2. The number of aliphatic hydroxyl groups is 2. The molecule has 2 N–H and O–H groups in total. The second-order valence-electron chi connectivity index (χ2n) is 1.51. The van der Waals surface area contributed by atoms with Gasteiger partial charge in [-0.1, -0.05) is 0 Å². The molecule has 0 saturated heterocycles. The summed E-state index contributed by atoms with van der Waals surface area (Å²) in [6, 6.07) is 0. The molecule has 0 aliphatic rings. The molecule has 0 heterocycles. The Morgan fingerprint density at radius 1 is 1.62 bits per heavy atom. The third-order valence-electron chi connectivity index (χ3n) is 0.781. The van der Waals surface area contributed by atoms with E-state index in [-0.39, 0.29) is 19.4 Å². The number of hydrogen-bond donors (Lipinski definition) is 2. The molecule has 0 aromatic carbocycles. The number of carbonyl (C=O) groups excluding carboxylic acids is 1. The third kappa shape index (κ3) is 3.77. The zero-order valence-corrected chi connectivity index (χ0v) is 4.50. The molecule has 0 spiro atoms. The van der Waals surface area contributed by atoms with Crippen molar-refractivity contribution in [3.8, 4) is 0 Å². The summed E-state index contributed by atoms with van der Waals surface area (Å²) in [7, 11) is 0. The number of rotatable bonds is 4. The fourth-order valence-corrected chi connectivity index (χ4v) is 0.347. The smallest absolute Gasteiger partial charge is 0.201 e. The first-order valence-electron chi connectivity index (χ1n) is 2.45. The van der Waals surface area contributed by atoms with Gasteiger partial charge in [-0.3, -0.25) is 4.79 Å². The molecule has 0 bridgehead atoms. The van der Waals surface area contributed by atoms with E-state index in [9.17, 15) is 4.79 Å². The summed E-state index contributed by atoms with van der Waals surface area (Å²) in [6.07, 6.45) is 1.09.